The molecule has 6 heteroatoms. The summed E-state index contributed by atoms with van der Waals surface area (Å²) in [5.74, 6) is -1.58. The van der Waals surface area contributed by atoms with Crippen molar-refractivity contribution < 1.29 is 19.5 Å². The van der Waals surface area contributed by atoms with E-state index in [9.17, 15) is 14.4 Å². The van der Waals surface area contributed by atoms with Gasteiger partial charge in [-0.05, 0) is 36.4 Å². The molecule has 25 heavy (non-hydrogen) atoms. The van der Waals surface area contributed by atoms with Gasteiger partial charge in [0.05, 0.1) is 16.2 Å². The van der Waals surface area contributed by atoms with Crippen LogP contribution in [0.1, 0.15) is 10.4 Å². The molecule has 0 bridgehead atoms. The predicted octanol–water partition coefficient (Wildman–Crippen LogP) is 3.51. The molecule has 2 N–H and O–H groups in total. The lowest BCUT2D eigenvalue weighted by atomic mass is 10.1. The van der Waals surface area contributed by atoms with Gasteiger partial charge in [-0.3, -0.25) is 9.59 Å². The van der Waals surface area contributed by atoms with Crippen LogP contribution in [-0.2, 0) is 9.59 Å². The molecular weight excluding hydrogens is 338 g/mol. The Kier molecular flexibility index (Phi) is 4.81. The summed E-state index contributed by atoms with van der Waals surface area (Å²) in [6.07, 6.45) is 2.58. The molecule has 2 aromatic carbocycles. The zero-order chi connectivity index (χ0) is 17.8. The molecule has 0 saturated carbocycles. The lowest BCUT2D eigenvalue weighted by molar-refractivity contribution is -0.114. The molecule has 0 atom stereocenters. The Hall–Kier alpha value is -3.12. The summed E-state index contributed by atoms with van der Waals surface area (Å²) in [5, 5.41) is 11.7. The van der Waals surface area contributed by atoms with Crippen molar-refractivity contribution in [3.05, 3.63) is 82.9 Å². The Labute approximate surface area is 148 Å². The average molecular weight is 351 g/mol. The Balaban J connectivity index is 1.72. The van der Waals surface area contributed by atoms with Crippen molar-refractivity contribution in [2.24, 2.45) is 0 Å². The highest BCUT2D eigenvalue weighted by atomic mass is 32.2. The van der Waals surface area contributed by atoms with Crippen molar-refractivity contribution in [3.8, 4) is 0 Å². The molecular formula is C19H13NO4S. The topological polar surface area (TPSA) is 83.5 Å². The minimum Gasteiger partial charge on any atom is -0.478 e. The van der Waals surface area contributed by atoms with Gasteiger partial charge in [0.15, 0.2) is 5.78 Å². The minimum atomic E-state index is -1.03. The second kappa shape index (κ2) is 7.19. The van der Waals surface area contributed by atoms with Crippen molar-refractivity contribution in [2.75, 3.05) is 5.32 Å². The van der Waals surface area contributed by atoms with Crippen LogP contribution in [0.4, 0.5) is 5.69 Å². The highest BCUT2D eigenvalue weighted by Gasteiger charge is 2.21. The zero-order valence-electron chi connectivity index (χ0n) is 12.9. The molecule has 5 nitrogen and oxygen atoms in total. The zero-order valence-corrected chi connectivity index (χ0v) is 13.7. The number of thioether (sulfide) groups is 1. The Bertz CT molecular complexity index is 899. The number of anilines is 1. The second-order valence-corrected chi connectivity index (χ2v) is 6.33. The first kappa shape index (κ1) is 16.7. The largest absolute Gasteiger partial charge is 0.478 e. The van der Waals surface area contributed by atoms with Gasteiger partial charge in [0.1, 0.15) is 0 Å². The van der Waals surface area contributed by atoms with E-state index in [2.05, 4.69) is 5.32 Å². The first-order valence-electron chi connectivity index (χ1n) is 7.38. The van der Waals surface area contributed by atoms with Gasteiger partial charge in [-0.15, -0.1) is 0 Å². The van der Waals surface area contributed by atoms with Crippen LogP contribution >= 0.6 is 11.8 Å². The summed E-state index contributed by atoms with van der Waals surface area (Å²) in [5.41, 5.74) is 0.836. The van der Waals surface area contributed by atoms with Crippen LogP contribution < -0.4 is 5.32 Å². The number of benzene rings is 2. The monoisotopic (exact) mass is 351 g/mol. The van der Waals surface area contributed by atoms with Gasteiger partial charge in [-0.2, -0.15) is 0 Å². The number of hydrogen-bond acceptors (Lipinski definition) is 5. The van der Waals surface area contributed by atoms with Gasteiger partial charge < -0.3 is 10.4 Å². The summed E-state index contributed by atoms with van der Waals surface area (Å²) in [4.78, 5) is 36.6. The van der Waals surface area contributed by atoms with E-state index in [0.717, 1.165) is 4.90 Å². The molecule has 0 heterocycles. The van der Waals surface area contributed by atoms with Gasteiger partial charge >= 0.3 is 5.97 Å². The van der Waals surface area contributed by atoms with Crippen LogP contribution in [-0.4, -0.2) is 22.6 Å². The van der Waals surface area contributed by atoms with Crippen molar-refractivity contribution in [3.63, 3.8) is 0 Å². The van der Waals surface area contributed by atoms with E-state index in [0.29, 0.717) is 10.6 Å². The lowest BCUT2D eigenvalue weighted by Crippen LogP contribution is -2.17. The third kappa shape index (κ3) is 4.05. The Morgan fingerprint density at radius 3 is 2.20 bits per heavy atom. The van der Waals surface area contributed by atoms with Gasteiger partial charge in [0, 0.05) is 22.7 Å². The van der Waals surface area contributed by atoms with Crippen LogP contribution in [0.3, 0.4) is 0 Å². The quantitative estimate of drug-likeness (QED) is 0.802. The second-order valence-electron chi connectivity index (χ2n) is 5.22. The molecule has 1 aliphatic rings. The van der Waals surface area contributed by atoms with E-state index in [-0.39, 0.29) is 22.8 Å². The Morgan fingerprint density at radius 2 is 1.56 bits per heavy atom. The van der Waals surface area contributed by atoms with Gasteiger partial charge in [0.25, 0.3) is 0 Å². The van der Waals surface area contributed by atoms with Crippen LogP contribution in [0.15, 0.2) is 82.2 Å². The molecule has 0 fully saturated rings. The summed E-state index contributed by atoms with van der Waals surface area (Å²) in [7, 11) is 0. The molecule has 3 rings (SSSR count). The number of ketones is 2. The molecule has 1 aliphatic carbocycles. The fraction of sp³-hybridized carbons (Fsp3) is 0. The highest BCUT2D eigenvalue weighted by Crippen LogP contribution is 2.30. The van der Waals surface area contributed by atoms with Gasteiger partial charge in [-0.1, -0.05) is 30.0 Å². The van der Waals surface area contributed by atoms with E-state index >= 15 is 0 Å². The number of carbonyl (C=O) groups excluding carboxylic acids is 2. The standard InChI is InChI=1S/C19H13NO4S/c21-16-11-18(25-14-4-2-1-3-5-14)17(22)10-15(16)20-13-8-6-12(7-9-13)19(23)24/h1-11,20H,(H,23,24). The smallest absolute Gasteiger partial charge is 0.335 e. The van der Waals surface area contributed by atoms with E-state index in [1.807, 2.05) is 30.3 Å². The first-order valence-corrected chi connectivity index (χ1v) is 8.20. The first-order chi connectivity index (χ1) is 12.0. The van der Waals surface area contributed by atoms with E-state index in [4.69, 9.17) is 5.11 Å². The van der Waals surface area contributed by atoms with Crippen LogP contribution in [0.5, 0.6) is 0 Å². The van der Waals surface area contributed by atoms with Crippen molar-refractivity contribution in [1.29, 1.82) is 0 Å². The van der Waals surface area contributed by atoms with Crippen LogP contribution in [0.2, 0.25) is 0 Å². The molecule has 0 unspecified atom stereocenters. The minimum absolute atomic E-state index is 0.145. The third-order valence-corrected chi connectivity index (χ3v) is 4.47. The number of nitrogens with one attached hydrogen (secondary N) is 1. The fourth-order valence-electron chi connectivity index (χ4n) is 2.19. The molecule has 2 aromatic rings. The fourth-order valence-corrected chi connectivity index (χ4v) is 3.06. The van der Waals surface area contributed by atoms with E-state index < -0.39 is 5.97 Å². The van der Waals surface area contributed by atoms with E-state index in [1.54, 1.807) is 12.1 Å². The number of carboxylic acid groups (broad SMARTS) is 1. The maximum atomic E-state index is 12.3. The highest BCUT2D eigenvalue weighted by molar-refractivity contribution is 8.04. The lowest BCUT2D eigenvalue weighted by Gasteiger charge is -2.14. The van der Waals surface area contributed by atoms with Crippen LogP contribution in [0, 0.1) is 0 Å². The summed E-state index contributed by atoms with van der Waals surface area (Å²) < 4.78 is 0. The molecule has 124 valence electrons. The molecule has 0 spiro atoms. The number of hydrogen-bond donors (Lipinski definition) is 2. The van der Waals surface area contributed by atoms with Crippen molar-refractivity contribution in [1.82, 2.24) is 0 Å². The maximum Gasteiger partial charge on any atom is 0.335 e. The summed E-state index contributed by atoms with van der Waals surface area (Å²) >= 11 is 1.24. The number of allylic oxidation sites excluding steroid dienone is 3. The van der Waals surface area contributed by atoms with E-state index in [1.165, 1.54) is 36.0 Å². The molecule has 0 aromatic heterocycles. The summed E-state index contributed by atoms with van der Waals surface area (Å²) in [6, 6.07) is 15.3. The SMILES string of the molecule is O=C1C=C(Sc2ccccc2)C(=O)C=C1Nc1ccc(C(=O)O)cc1. The van der Waals surface area contributed by atoms with Gasteiger partial charge in [0.2, 0.25) is 5.78 Å². The van der Waals surface area contributed by atoms with Gasteiger partial charge in [-0.25, -0.2) is 4.79 Å². The number of aromatic carboxylic acids is 1. The van der Waals surface area contributed by atoms with Crippen molar-refractivity contribution in [2.45, 2.75) is 4.90 Å². The van der Waals surface area contributed by atoms with Crippen molar-refractivity contribution >= 4 is 35.0 Å². The number of rotatable bonds is 5. The molecule has 0 aliphatic heterocycles. The maximum absolute atomic E-state index is 12.3. The molecule has 0 saturated heterocycles. The van der Waals surface area contributed by atoms with Crippen LogP contribution in [0.25, 0.3) is 0 Å². The number of carboxylic acids is 1. The third-order valence-electron chi connectivity index (χ3n) is 3.43. The molecule has 0 amide bonds. The average Bonchev–Trinajstić information content (AvgIpc) is 2.60. The molecule has 0 radical (unpaired) electrons. The predicted molar refractivity (Wildman–Crippen MR) is 95.5 cm³/mol. The Morgan fingerprint density at radius 1 is 0.880 bits per heavy atom. The normalized spacial score (nSPS) is 13.9. The number of carbonyl (C=O) groups is 3. The summed E-state index contributed by atoms with van der Waals surface area (Å²) in [6.45, 7) is 0.